The Bertz CT molecular complexity index is 645. The molecule has 0 bridgehead atoms. The Morgan fingerprint density at radius 1 is 1.00 bits per heavy atom. The average molecular weight is 265 g/mol. The van der Waals surface area contributed by atoms with E-state index in [0.717, 1.165) is 16.8 Å². The Hall–Kier alpha value is -2.55. The summed E-state index contributed by atoms with van der Waals surface area (Å²) in [6.07, 6.45) is 2.10. The molecule has 20 heavy (non-hydrogen) atoms. The lowest BCUT2D eigenvalue weighted by molar-refractivity contribution is 0.0996. The van der Waals surface area contributed by atoms with Crippen molar-refractivity contribution in [1.29, 1.82) is 0 Å². The molecule has 3 heteroatoms. The fourth-order valence-electron chi connectivity index (χ4n) is 1.83. The average Bonchev–Trinajstić information content (AvgIpc) is 2.49. The normalized spacial score (nSPS) is 12.2. The van der Waals surface area contributed by atoms with E-state index in [1.807, 2.05) is 54.6 Å². The maximum Gasteiger partial charge on any atom is 0.170 e. The molecule has 2 aromatic carbocycles. The van der Waals surface area contributed by atoms with Gasteiger partial charge < -0.3 is 0 Å². The smallest absolute Gasteiger partial charge is 0.170 e. The zero-order valence-electron chi connectivity index (χ0n) is 11.2. The van der Waals surface area contributed by atoms with Crippen molar-refractivity contribution in [2.24, 2.45) is 4.99 Å². The number of aliphatic imine (C=N–C) groups is 1. The van der Waals surface area contributed by atoms with Gasteiger partial charge in [-0.15, -0.1) is 0 Å². The van der Waals surface area contributed by atoms with Crippen molar-refractivity contribution < 1.29 is 9.59 Å². The lowest BCUT2D eigenvalue weighted by Crippen LogP contribution is -2.03. The van der Waals surface area contributed by atoms with Gasteiger partial charge >= 0.3 is 0 Å². The standard InChI is InChI=1S/C9H7NO.C8H8O/c11-9-5-6-10-8-4-2-1-3-7(8)9;1-7(9)8-5-3-2-4-6-8/h1-4,6H,5H2;2-6H,1H3. The Morgan fingerprint density at radius 3 is 2.25 bits per heavy atom. The van der Waals surface area contributed by atoms with Crippen molar-refractivity contribution in [3.63, 3.8) is 0 Å². The van der Waals surface area contributed by atoms with Gasteiger partial charge in [0.1, 0.15) is 0 Å². The van der Waals surface area contributed by atoms with Gasteiger partial charge in [-0.3, -0.25) is 14.6 Å². The molecule has 3 rings (SSSR count). The van der Waals surface area contributed by atoms with Crippen LogP contribution in [0.15, 0.2) is 59.6 Å². The number of rotatable bonds is 1. The Kier molecular flexibility index (Phi) is 4.56. The molecule has 0 aromatic heterocycles. The predicted octanol–water partition coefficient (Wildman–Crippen LogP) is 3.86. The number of nitrogens with zero attached hydrogens (tertiary/aromatic N) is 1. The molecular weight excluding hydrogens is 250 g/mol. The number of para-hydroxylation sites is 1. The molecule has 0 aliphatic carbocycles. The monoisotopic (exact) mass is 265 g/mol. The Labute approximate surface area is 118 Å². The summed E-state index contributed by atoms with van der Waals surface area (Å²) < 4.78 is 0. The number of hydrogen-bond acceptors (Lipinski definition) is 3. The lowest BCUT2D eigenvalue weighted by Gasteiger charge is -2.06. The predicted molar refractivity (Wildman–Crippen MR) is 80.0 cm³/mol. The fourth-order valence-corrected chi connectivity index (χ4v) is 1.83. The molecule has 0 spiro atoms. The van der Waals surface area contributed by atoms with Crippen LogP contribution in [-0.4, -0.2) is 17.8 Å². The van der Waals surface area contributed by atoms with E-state index in [4.69, 9.17) is 0 Å². The maximum absolute atomic E-state index is 11.2. The first-order valence-electron chi connectivity index (χ1n) is 6.39. The number of carbonyl (C=O) groups excluding carboxylic acids is 2. The zero-order chi connectivity index (χ0) is 14.4. The SMILES string of the molecule is CC(=O)c1ccccc1.O=C1CC=Nc2ccccc21. The summed E-state index contributed by atoms with van der Waals surface area (Å²) in [5.74, 6) is 0.284. The van der Waals surface area contributed by atoms with Crippen LogP contribution in [0.25, 0.3) is 0 Å². The minimum Gasteiger partial charge on any atom is -0.295 e. The second kappa shape index (κ2) is 6.57. The van der Waals surface area contributed by atoms with E-state index in [2.05, 4.69) is 4.99 Å². The van der Waals surface area contributed by atoms with E-state index < -0.39 is 0 Å². The van der Waals surface area contributed by atoms with Crippen LogP contribution >= 0.6 is 0 Å². The quantitative estimate of drug-likeness (QED) is 0.735. The van der Waals surface area contributed by atoms with Crippen LogP contribution in [0.3, 0.4) is 0 Å². The fraction of sp³-hybridized carbons (Fsp3) is 0.118. The second-order valence-corrected chi connectivity index (χ2v) is 4.38. The summed E-state index contributed by atoms with van der Waals surface area (Å²) in [4.78, 5) is 25.9. The number of ketones is 2. The van der Waals surface area contributed by atoms with Crippen molar-refractivity contribution >= 4 is 23.5 Å². The van der Waals surface area contributed by atoms with Crippen molar-refractivity contribution in [2.45, 2.75) is 13.3 Å². The van der Waals surface area contributed by atoms with Gasteiger partial charge in [-0.25, -0.2) is 0 Å². The summed E-state index contributed by atoms with van der Waals surface area (Å²) in [7, 11) is 0. The van der Waals surface area contributed by atoms with E-state index in [1.165, 1.54) is 0 Å². The number of carbonyl (C=O) groups is 2. The summed E-state index contributed by atoms with van der Waals surface area (Å²) in [5.41, 5.74) is 2.32. The first kappa shape index (κ1) is 13.9. The molecule has 2 aromatic rings. The highest BCUT2D eigenvalue weighted by atomic mass is 16.1. The van der Waals surface area contributed by atoms with E-state index >= 15 is 0 Å². The van der Waals surface area contributed by atoms with Gasteiger partial charge in [-0.2, -0.15) is 0 Å². The first-order valence-corrected chi connectivity index (χ1v) is 6.39. The van der Waals surface area contributed by atoms with E-state index in [1.54, 1.807) is 13.1 Å². The van der Waals surface area contributed by atoms with Crippen LogP contribution in [0.4, 0.5) is 5.69 Å². The van der Waals surface area contributed by atoms with Gasteiger partial charge in [-0.05, 0) is 19.1 Å². The molecule has 0 radical (unpaired) electrons. The molecule has 3 nitrogen and oxygen atoms in total. The van der Waals surface area contributed by atoms with Crippen LogP contribution in [0.5, 0.6) is 0 Å². The van der Waals surface area contributed by atoms with Crippen LogP contribution in [0, 0.1) is 0 Å². The number of fused-ring (bicyclic) bond motifs is 1. The highest BCUT2D eigenvalue weighted by Gasteiger charge is 2.11. The van der Waals surface area contributed by atoms with Gasteiger partial charge in [0.15, 0.2) is 11.6 Å². The molecule has 100 valence electrons. The minimum absolute atomic E-state index is 0.121. The summed E-state index contributed by atoms with van der Waals surface area (Å²) in [6.45, 7) is 1.56. The van der Waals surface area contributed by atoms with Gasteiger partial charge in [0.2, 0.25) is 0 Å². The van der Waals surface area contributed by atoms with Crippen molar-refractivity contribution in [3.8, 4) is 0 Å². The third-order valence-electron chi connectivity index (χ3n) is 2.89. The van der Waals surface area contributed by atoms with E-state index in [-0.39, 0.29) is 11.6 Å². The van der Waals surface area contributed by atoms with Crippen molar-refractivity contribution in [1.82, 2.24) is 0 Å². The molecule has 0 unspecified atom stereocenters. The molecule has 1 heterocycles. The topological polar surface area (TPSA) is 46.5 Å². The molecule has 0 N–H and O–H groups in total. The zero-order valence-corrected chi connectivity index (χ0v) is 11.2. The highest BCUT2D eigenvalue weighted by Crippen LogP contribution is 2.22. The third kappa shape index (κ3) is 3.48. The van der Waals surface area contributed by atoms with Gasteiger partial charge in [0.05, 0.1) is 5.69 Å². The highest BCUT2D eigenvalue weighted by molar-refractivity contribution is 6.09. The van der Waals surface area contributed by atoms with Crippen molar-refractivity contribution in [2.75, 3.05) is 0 Å². The summed E-state index contributed by atoms with van der Waals surface area (Å²) in [6, 6.07) is 16.6. The molecule has 1 aliphatic rings. The van der Waals surface area contributed by atoms with Crippen LogP contribution in [-0.2, 0) is 0 Å². The van der Waals surface area contributed by atoms with E-state index in [9.17, 15) is 9.59 Å². The molecule has 0 atom stereocenters. The van der Waals surface area contributed by atoms with Gasteiger partial charge in [0, 0.05) is 23.8 Å². The number of hydrogen-bond donors (Lipinski definition) is 0. The minimum atomic E-state index is 0.121. The van der Waals surface area contributed by atoms with Crippen molar-refractivity contribution in [3.05, 3.63) is 65.7 Å². The molecule has 1 aliphatic heterocycles. The molecular formula is C17H15NO2. The summed E-state index contributed by atoms with van der Waals surface area (Å²) >= 11 is 0. The molecule has 0 saturated heterocycles. The van der Waals surface area contributed by atoms with Crippen LogP contribution in [0.2, 0.25) is 0 Å². The third-order valence-corrected chi connectivity index (χ3v) is 2.89. The molecule has 0 saturated carbocycles. The number of Topliss-reactive ketones (excluding diaryl/α,β-unsaturated/α-hetero) is 2. The second-order valence-electron chi connectivity index (χ2n) is 4.38. The Balaban J connectivity index is 0.000000151. The summed E-state index contributed by atoms with van der Waals surface area (Å²) in [5, 5.41) is 0. The molecule has 0 amide bonds. The Morgan fingerprint density at radius 2 is 1.65 bits per heavy atom. The van der Waals surface area contributed by atoms with Gasteiger partial charge in [-0.1, -0.05) is 42.5 Å². The van der Waals surface area contributed by atoms with E-state index in [0.29, 0.717) is 6.42 Å². The molecule has 0 fully saturated rings. The van der Waals surface area contributed by atoms with Crippen LogP contribution < -0.4 is 0 Å². The first-order chi connectivity index (χ1) is 9.68. The van der Waals surface area contributed by atoms with Gasteiger partial charge in [0.25, 0.3) is 0 Å². The number of benzene rings is 2. The van der Waals surface area contributed by atoms with Crippen LogP contribution in [0.1, 0.15) is 34.1 Å². The largest absolute Gasteiger partial charge is 0.295 e. The lowest BCUT2D eigenvalue weighted by atomic mass is 10.0. The maximum atomic E-state index is 11.2.